The van der Waals surface area contributed by atoms with E-state index in [1.807, 2.05) is 26.0 Å². The normalized spacial score (nSPS) is 28.8. The number of rotatable bonds is 2. The van der Waals surface area contributed by atoms with Crippen LogP contribution >= 0.6 is 11.8 Å². The fraction of sp³-hybridized carbons (Fsp3) is 0.467. The molecule has 4 nitrogen and oxygen atoms in total. The number of carbonyl (C=O) groups is 2. The Kier molecular flexibility index (Phi) is 3.05. The molecule has 0 saturated carbocycles. The number of nitrogens with zero attached hydrogens (tertiary/aromatic N) is 1. The Morgan fingerprint density at radius 3 is 2.85 bits per heavy atom. The Bertz CT molecular complexity index is 601. The number of hydrogen-bond acceptors (Lipinski definition) is 3. The summed E-state index contributed by atoms with van der Waals surface area (Å²) in [7, 11) is 0. The molecule has 2 fully saturated rings. The molecule has 20 heavy (non-hydrogen) atoms. The van der Waals surface area contributed by atoms with E-state index < -0.39 is 16.9 Å². The van der Waals surface area contributed by atoms with E-state index in [2.05, 4.69) is 6.07 Å². The maximum atomic E-state index is 12.2. The molecule has 2 atom stereocenters. The van der Waals surface area contributed by atoms with Crippen LogP contribution in [-0.2, 0) is 14.5 Å². The zero-order valence-electron chi connectivity index (χ0n) is 11.5. The molecule has 2 aliphatic heterocycles. The Hall–Kier alpha value is -1.49. The maximum absolute atomic E-state index is 12.2. The van der Waals surface area contributed by atoms with Gasteiger partial charge in [-0.1, -0.05) is 23.8 Å². The van der Waals surface area contributed by atoms with Crippen LogP contribution < -0.4 is 0 Å². The van der Waals surface area contributed by atoms with Crippen molar-refractivity contribution >= 4 is 23.6 Å². The van der Waals surface area contributed by atoms with Crippen molar-refractivity contribution < 1.29 is 14.7 Å². The van der Waals surface area contributed by atoms with Crippen LogP contribution in [0.1, 0.15) is 29.5 Å². The Morgan fingerprint density at radius 2 is 2.20 bits per heavy atom. The summed E-state index contributed by atoms with van der Waals surface area (Å²) in [4.78, 5) is 24.7. The van der Waals surface area contributed by atoms with Crippen LogP contribution in [0.4, 0.5) is 0 Å². The Morgan fingerprint density at radius 1 is 1.45 bits per heavy atom. The van der Waals surface area contributed by atoms with Crippen molar-refractivity contribution in [2.75, 3.05) is 5.75 Å². The average Bonchev–Trinajstić information content (AvgIpc) is 2.89. The van der Waals surface area contributed by atoms with Crippen molar-refractivity contribution in [2.45, 2.75) is 37.6 Å². The minimum absolute atomic E-state index is 0.0395. The van der Waals surface area contributed by atoms with E-state index in [0.717, 1.165) is 11.1 Å². The quantitative estimate of drug-likeness (QED) is 0.908. The number of fused-ring (bicyclic) bond motifs is 1. The van der Waals surface area contributed by atoms with Crippen LogP contribution in [0.2, 0.25) is 0 Å². The molecule has 2 heterocycles. The molecule has 1 aromatic rings. The number of hydrogen-bond donors (Lipinski definition) is 1. The SMILES string of the molecule is Cc1ccc([C@]23CCC(=O)N2[C@H](C(=O)O)CS3)c(C)c1. The molecule has 0 radical (unpaired) electrons. The van der Waals surface area contributed by atoms with Crippen molar-refractivity contribution in [3.8, 4) is 0 Å². The molecule has 0 aromatic heterocycles. The lowest BCUT2D eigenvalue weighted by Gasteiger charge is -2.34. The summed E-state index contributed by atoms with van der Waals surface area (Å²) in [5.41, 5.74) is 3.39. The van der Waals surface area contributed by atoms with Gasteiger partial charge in [0.25, 0.3) is 0 Å². The standard InChI is InChI=1S/C15H17NO3S/c1-9-3-4-11(10(2)7-9)15-6-5-13(17)16(15)12(8-20-15)14(18)19/h3-4,7,12H,5-6,8H2,1-2H3,(H,18,19)/t12-,15+/m0/s1. The van der Waals surface area contributed by atoms with Gasteiger partial charge in [0, 0.05) is 12.2 Å². The lowest BCUT2D eigenvalue weighted by molar-refractivity contribution is -0.148. The summed E-state index contributed by atoms with van der Waals surface area (Å²) in [6.45, 7) is 4.07. The topological polar surface area (TPSA) is 57.6 Å². The molecule has 1 N–H and O–H groups in total. The summed E-state index contributed by atoms with van der Waals surface area (Å²) in [6.07, 6.45) is 1.13. The lowest BCUT2D eigenvalue weighted by Crippen LogP contribution is -2.46. The van der Waals surface area contributed by atoms with Gasteiger partial charge >= 0.3 is 5.97 Å². The fourth-order valence-corrected chi connectivity index (χ4v) is 5.08. The molecule has 0 aliphatic carbocycles. The van der Waals surface area contributed by atoms with Gasteiger partial charge in [-0.15, -0.1) is 11.8 Å². The molecule has 2 aliphatic rings. The number of benzene rings is 1. The molecular weight excluding hydrogens is 274 g/mol. The van der Waals surface area contributed by atoms with Gasteiger partial charge < -0.3 is 10.0 Å². The first-order valence-corrected chi connectivity index (χ1v) is 7.71. The van der Waals surface area contributed by atoms with Gasteiger partial charge in [0.15, 0.2) is 0 Å². The number of amides is 1. The molecule has 5 heteroatoms. The largest absolute Gasteiger partial charge is 0.480 e. The molecule has 0 bridgehead atoms. The minimum Gasteiger partial charge on any atom is -0.480 e. The van der Waals surface area contributed by atoms with E-state index in [1.165, 1.54) is 5.56 Å². The van der Waals surface area contributed by atoms with Gasteiger partial charge in [-0.2, -0.15) is 0 Å². The number of carboxylic acid groups (broad SMARTS) is 1. The van der Waals surface area contributed by atoms with E-state index in [4.69, 9.17) is 0 Å². The Balaban J connectivity index is 2.11. The first-order valence-electron chi connectivity index (χ1n) is 6.72. The second-order valence-electron chi connectivity index (χ2n) is 5.53. The zero-order chi connectivity index (χ0) is 14.5. The third-order valence-electron chi connectivity index (χ3n) is 4.22. The number of thioether (sulfide) groups is 1. The highest BCUT2D eigenvalue weighted by molar-refractivity contribution is 8.00. The minimum atomic E-state index is -0.903. The van der Waals surface area contributed by atoms with Crippen molar-refractivity contribution in [2.24, 2.45) is 0 Å². The van der Waals surface area contributed by atoms with Crippen LogP contribution in [0, 0.1) is 13.8 Å². The molecule has 106 valence electrons. The number of carboxylic acids is 1. The van der Waals surface area contributed by atoms with E-state index in [0.29, 0.717) is 18.6 Å². The van der Waals surface area contributed by atoms with Crippen molar-refractivity contribution in [3.63, 3.8) is 0 Å². The van der Waals surface area contributed by atoms with Crippen LogP contribution in [0.15, 0.2) is 18.2 Å². The van der Waals surface area contributed by atoms with Gasteiger partial charge in [0.1, 0.15) is 10.9 Å². The number of aryl methyl sites for hydroxylation is 2. The van der Waals surface area contributed by atoms with Gasteiger partial charge in [0.05, 0.1) is 0 Å². The van der Waals surface area contributed by atoms with Gasteiger partial charge in [-0.05, 0) is 31.4 Å². The summed E-state index contributed by atoms with van der Waals surface area (Å²) < 4.78 is 0. The van der Waals surface area contributed by atoms with Crippen molar-refractivity contribution in [3.05, 3.63) is 34.9 Å². The fourth-order valence-electron chi connectivity index (χ4n) is 3.35. The lowest BCUT2D eigenvalue weighted by atomic mass is 9.96. The number of carbonyl (C=O) groups excluding carboxylic acids is 1. The number of aliphatic carboxylic acids is 1. The summed E-state index contributed by atoms with van der Waals surface area (Å²) in [6, 6.07) is 5.48. The first kappa shape index (κ1) is 13.5. The van der Waals surface area contributed by atoms with Gasteiger partial charge in [-0.25, -0.2) is 4.79 Å². The van der Waals surface area contributed by atoms with Crippen LogP contribution in [0.25, 0.3) is 0 Å². The molecule has 1 amide bonds. The monoisotopic (exact) mass is 291 g/mol. The van der Waals surface area contributed by atoms with Crippen molar-refractivity contribution in [1.82, 2.24) is 4.90 Å². The third kappa shape index (κ3) is 1.76. The average molecular weight is 291 g/mol. The third-order valence-corrected chi connectivity index (χ3v) is 5.80. The molecule has 2 saturated heterocycles. The molecule has 0 unspecified atom stereocenters. The summed E-state index contributed by atoms with van der Waals surface area (Å²) in [5, 5.41) is 9.35. The van der Waals surface area contributed by atoms with E-state index in [9.17, 15) is 14.7 Å². The van der Waals surface area contributed by atoms with Crippen LogP contribution in [0.3, 0.4) is 0 Å². The van der Waals surface area contributed by atoms with E-state index in [1.54, 1.807) is 16.7 Å². The first-order chi connectivity index (χ1) is 9.45. The molecule has 0 spiro atoms. The predicted octanol–water partition coefficient (Wildman–Crippen LogP) is 2.28. The zero-order valence-corrected chi connectivity index (χ0v) is 12.4. The van der Waals surface area contributed by atoms with Gasteiger partial charge in [-0.3, -0.25) is 4.79 Å². The van der Waals surface area contributed by atoms with E-state index in [-0.39, 0.29) is 5.91 Å². The summed E-state index contributed by atoms with van der Waals surface area (Å²) >= 11 is 1.60. The van der Waals surface area contributed by atoms with Crippen LogP contribution in [-0.4, -0.2) is 33.7 Å². The molecule has 3 rings (SSSR count). The summed E-state index contributed by atoms with van der Waals surface area (Å²) in [5.74, 6) is -0.476. The van der Waals surface area contributed by atoms with Crippen LogP contribution in [0.5, 0.6) is 0 Å². The second-order valence-corrected chi connectivity index (χ2v) is 6.83. The van der Waals surface area contributed by atoms with Crippen molar-refractivity contribution in [1.29, 1.82) is 0 Å². The van der Waals surface area contributed by atoms with Gasteiger partial charge in [0.2, 0.25) is 5.91 Å². The maximum Gasteiger partial charge on any atom is 0.327 e. The Labute approximate surface area is 122 Å². The highest BCUT2D eigenvalue weighted by Crippen LogP contribution is 2.55. The predicted molar refractivity (Wildman–Crippen MR) is 77.6 cm³/mol. The highest BCUT2D eigenvalue weighted by Gasteiger charge is 2.57. The van der Waals surface area contributed by atoms with E-state index >= 15 is 0 Å². The highest BCUT2D eigenvalue weighted by atomic mass is 32.2. The second kappa shape index (κ2) is 4.52. The molecule has 1 aromatic carbocycles. The smallest absolute Gasteiger partial charge is 0.327 e. The molecular formula is C15H17NO3S.